The van der Waals surface area contributed by atoms with Gasteiger partial charge >= 0.3 is 5.97 Å². The number of aliphatic carboxylic acids is 1. The van der Waals surface area contributed by atoms with Gasteiger partial charge in [-0.1, -0.05) is 25.1 Å². The Morgan fingerprint density at radius 2 is 2.20 bits per heavy atom. The Balaban J connectivity index is 1.75. The van der Waals surface area contributed by atoms with E-state index in [0.717, 1.165) is 6.42 Å². The molecule has 0 radical (unpaired) electrons. The number of amides is 1. The molecule has 2 rings (SSSR count). The lowest BCUT2D eigenvalue weighted by Crippen LogP contribution is -2.35. The molecule has 1 aromatic carbocycles. The Morgan fingerprint density at radius 1 is 1.45 bits per heavy atom. The first kappa shape index (κ1) is 14.9. The summed E-state index contributed by atoms with van der Waals surface area (Å²) in [7, 11) is 0. The molecule has 0 fully saturated rings. The molecule has 1 aliphatic heterocycles. The average Bonchev–Trinajstić information content (AvgIpc) is 2.86. The number of nitrogens with one attached hydrogen (secondary N) is 1. The van der Waals surface area contributed by atoms with Crippen molar-refractivity contribution >= 4 is 23.6 Å². The van der Waals surface area contributed by atoms with E-state index < -0.39 is 5.97 Å². The number of hydrogen-bond acceptors (Lipinski definition) is 3. The number of hydrogen-bond donors (Lipinski definition) is 2. The first-order valence-electron chi connectivity index (χ1n) is 6.80. The summed E-state index contributed by atoms with van der Waals surface area (Å²) in [6, 6.07) is 8.08. The van der Waals surface area contributed by atoms with Crippen molar-refractivity contribution in [3.8, 4) is 0 Å². The molecule has 0 aromatic heterocycles. The molecule has 0 spiro atoms. The molecule has 5 heteroatoms. The van der Waals surface area contributed by atoms with E-state index in [0.29, 0.717) is 13.0 Å². The summed E-state index contributed by atoms with van der Waals surface area (Å²) in [5.41, 5.74) is 1.23. The zero-order valence-corrected chi connectivity index (χ0v) is 12.3. The highest BCUT2D eigenvalue weighted by Gasteiger charge is 2.27. The molecule has 1 heterocycles. The summed E-state index contributed by atoms with van der Waals surface area (Å²) in [5.74, 6) is -0.554. The lowest BCUT2D eigenvalue weighted by molar-refractivity contribution is -0.137. The largest absolute Gasteiger partial charge is 0.481 e. The van der Waals surface area contributed by atoms with Gasteiger partial charge in [0.2, 0.25) is 5.91 Å². The highest BCUT2D eigenvalue weighted by molar-refractivity contribution is 8.01. The van der Waals surface area contributed by atoms with Crippen LogP contribution in [0.15, 0.2) is 29.2 Å². The Morgan fingerprint density at radius 3 is 2.90 bits per heavy atom. The van der Waals surface area contributed by atoms with Gasteiger partial charge in [0.1, 0.15) is 0 Å². The zero-order chi connectivity index (χ0) is 14.5. The Kier molecular flexibility index (Phi) is 5.06. The van der Waals surface area contributed by atoms with E-state index in [-0.39, 0.29) is 23.5 Å². The fourth-order valence-electron chi connectivity index (χ4n) is 2.19. The third-order valence-corrected chi connectivity index (χ3v) is 4.73. The zero-order valence-electron chi connectivity index (χ0n) is 11.5. The molecule has 0 saturated carbocycles. The highest BCUT2D eigenvalue weighted by Crippen LogP contribution is 2.36. The minimum absolute atomic E-state index is 0.0494. The molecule has 1 amide bonds. The summed E-state index contributed by atoms with van der Waals surface area (Å²) in [5, 5.41) is 11.5. The third kappa shape index (κ3) is 4.00. The summed E-state index contributed by atoms with van der Waals surface area (Å²) >= 11 is 1.61. The maximum atomic E-state index is 12.1. The van der Waals surface area contributed by atoms with E-state index in [2.05, 4.69) is 11.4 Å². The number of carboxylic acids is 1. The van der Waals surface area contributed by atoms with Crippen LogP contribution in [0.2, 0.25) is 0 Å². The molecular weight excluding hydrogens is 274 g/mol. The van der Waals surface area contributed by atoms with Crippen LogP contribution in [0, 0.1) is 5.92 Å². The summed E-state index contributed by atoms with van der Waals surface area (Å²) in [6.07, 6.45) is 1.52. The minimum Gasteiger partial charge on any atom is -0.481 e. The van der Waals surface area contributed by atoms with Gasteiger partial charge in [-0.25, -0.2) is 0 Å². The van der Waals surface area contributed by atoms with E-state index >= 15 is 0 Å². The van der Waals surface area contributed by atoms with Crippen molar-refractivity contribution in [2.24, 2.45) is 5.92 Å². The van der Waals surface area contributed by atoms with Gasteiger partial charge in [0.25, 0.3) is 0 Å². The van der Waals surface area contributed by atoms with Gasteiger partial charge < -0.3 is 10.4 Å². The number of carbonyl (C=O) groups excluding carboxylic acids is 1. The molecule has 2 N–H and O–H groups in total. The first-order chi connectivity index (χ1) is 9.56. The van der Waals surface area contributed by atoms with E-state index in [1.165, 1.54) is 10.5 Å². The van der Waals surface area contributed by atoms with Crippen molar-refractivity contribution in [1.82, 2.24) is 5.32 Å². The quantitative estimate of drug-likeness (QED) is 0.844. The Hall–Kier alpha value is -1.49. The van der Waals surface area contributed by atoms with Crippen LogP contribution in [0.5, 0.6) is 0 Å². The fourth-order valence-corrected chi connectivity index (χ4v) is 3.41. The lowest BCUT2D eigenvalue weighted by atomic mass is 10.1. The Labute approximate surface area is 123 Å². The predicted octanol–water partition coefficient (Wildman–Crippen LogP) is 2.32. The number of carbonyl (C=O) groups is 2. The standard InChI is InChI=1S/C15H19NO3S/c1-10(6-7-14(17)18)9-16-15(19)13-8-11-4-2-3-5-12(11)20-13/h2-5,10,13H,6-9H2,1H3,(H,16,19)(H,17,18). The molecule has 1 aliphatic rings. The van der Waals surface area contributed by atoms with E-state index in [9.17, 15) is 9.59 Å². The maximum Gasteiger partial charge on any atom is 0.303 e. The monoisotopic (exact) mass is 293 g/mol. The molecule has 2 atom stereocenters. The average molecular weight is 293 g/mol. The van der Waals surface area contributed by atoms with Crippen molar-refractivity contribution in [2.75, 3.05) is 6.54 Å². The highest BCUT2D eigenvalue weighted by atomic mass is 32.2. The van der Waals surface area contributed by atoms with Crippen LogP contribution in [0.25, 0.3) is 0 Å². The predicted molar refractivity (Wildman–Crippen MR) is 78.8 cm³/mol. The van der Waals surface area contributed by atoms with Gasteiger partial charge in [-0.05, 0) is 30.4 Å². The lowest BCUT2D eigenvalue weighted by Gasteiger charge is -2.14. The number of carboxylic acid groups (broad SMARTS) is 1. The van der Waals surface area contributed by atoms with Crippen LogP contribution in [0.4, 0.5) is 0 Å². The minimum atomic E-state index is -0.787. The molecule has 4 nitrogen and oxygen atoms in total. The number of thioether (sulfide) groups is 1. The number of rotatable bonds is 6. The van der Waals surface area contributed by atoms with E-state index in [1.54, 1.807) is 11.8 Å². The van der Waals surface area contributed by atoms with Crippen molar-refractivity contribution in [3.63, 3.8) is 0 Å². The molecule has 0 aliphatic carbocycles. The van der Waals surface area contributed by atoms with Gasteiger partial charge in [0.05, 0.1) is 5.25 Å². The van der Waals surface area contributed by atoms with Gasteiger partial charge in [0, 0.05) is 17.9 Å². The second-order valence-electron chi connectivity index (χ2n) is 5.20. The molecule has 20 heavy (non-hydrogen) atoms. The molecule has 108 valence electrons. The Bertz CT molecular complexity index is 479. The van der Waals surface area contributed by atoms with E-state index in [1.807, 2.05) is 25.1 Å². The topological polar surface area (TPSA) is 66.4 Å². The normalized spacial score (nSPS) is 18.4. The SMILES string of the molecule is CC(CCC(=O)O)CNC(=O)C1Cc2ccccc2S1. The van der Waals surface area contributed by atoms with Crippen molar-refractivity contribution in [1.29, 1.82) is 0 Å². The van der Waals surface area contributed by atoms with Gasteiger partial charge in [-0.15, -0.1) is 11.8 Å². The number of benzene rings is 1. The molecular formula is C15H19NO3S. The van der Waals surface area contributed by atoms with Crippen LogP contribution in [-0.2, 0) is 16.0 Å². The maximum absolute atomic E-state index is 12.1. The van der Waals surface area contributed by atoms with Crippen LogP contribution in [0.1, 0.15) is 25.3 Å². The smallest absolute Gasteiger partial charge is 0.303 e. The molecule has 2 unspecified atom stereocenters. The molecule has 0 saturated heterocycles. The van der Waals surface area contributed by atoms with E-state index in [4.69, 9.17) is 5.11 Å². The third-order valence-electron chi connectivity index (χ3n) is 3.42. The van der Waals surface area contributed by atoms with Crippen molar-refractivity contribution in [3.05, 3.63) is 29.8 Å². The first-order valence-corrected chi connectivity index (χ1v) is 7.68. The summed E-state index contributed by atoms with van der Waals surface area (Å²) in [6.45, 7) is 2.50. The molecule has 1 aromatic rings. The second-order valence-corrected chi connectivity index (χ2v) is 6.45. The van der Waals surface area contributed by atoms with Gasteiger partial charge in [0.15, 0.2) is 0 Å². The van der Waals surface area contributed by atoms with Gasteiger partial charge in [-0.2, -0.15) is 0 Å². The van der Waals surface area contributed by atoms with Crippen molar-refractivity contribution < 1.29 is 14.7 Å². The van der Waals surface area contributed by atoms with Crippen LogP contribution in [0.3, 0.4) is 0 Å². The second kappa shape index (κ2) is 6.79. The van der Waals surface area contributed by atoms with Crippen LogP contribution in [-0.4, -0.2) is 28.8 Å². The molecule has 0 bridgehead atoms. The van der Waals surface area contributed by atoms with Gasteiger partial charge in [-0.3, -0.25) is 9.59 Å². The fraction of sp³-hybridized carbons (Fsp3) is 0.467. The summed E-state index contributed by atoms with van der Waals surface area (Å²) < 4.78 is 0. The van der Waals surface area contributed by atoms with Crippen LogP contribution < -0.4 is 5.32 Å². The summed E-state index contributed by atoms with van der Waals surface area (Å²) in [4.78, 5) is 23.8. The van der Waals surface area contributed by atoms with Crippen molar-refractivity contribution in [2.45, 2.75) is 36.3 Å². The van der Waals surface area contributed by atoms with Crippen LogP contribution >= 0.6 is 11.8 Å². The number of fused-ring (bicyclic) bond motifs is 1.